The minimum absolute atomic E-state index is 0.0358. The number of rotatable bonds is 4. The van der Waals surface area contributed by atoms with Crippen molar-refractivity contribution in [1.82, 2.24) is 9.47 Å². The Kier molecular flexibility index (Phi) is 3.58. The fourth-order valence-electron chi connectivity index (χ4n) is 2.94. The van der Waals surface area contributed by atoms with Crippen LogP contribution in [0.5, 0.6) is 0 Å². The van der Waals surface area contributed by atoms with E-state index in [1.165, 1.54) is 0 Å². The fraction of sp³-hybridized carbons (Fsp3) is 0.571. The van der Waals surface area contributed by atoms with Crippen molar-refractivity contribution in [2.75, 3.05) is 6.54 Å². The summed E-state index contributed by atoms with van der Waals surface area (Å²) in [6.45, 7) is 0.657. The number of aromatic nitrogens is 1. The van der Waals surface area contributed by atoms with Crippen molar-refractivity contribution in [2.24, 2.45) is 0 Å². The molecule has 0 radical (unpaired) electrons. The number of amides is 1. The van der Waals surface area contributed by atoms with Gasteiger partial charge in [0.25, 0.3) is 5.91 Å². The molecule has 3 rings (SSSR count). The van der Waals surface area contributed by atoms with Gasteiger partial charge in [-0.2, -0.15) is 0 Å². The smallest absolute Gasteiger partial charge is 0.305 e. The van der Waals surface area contributed by atoms with Crippen LogP contribution in [-0.2, 0) is 4.79 Å². The maximum atomic E-state index is 12.7. The van der Waals surface area contributed by atoms with Gasteiger partial charge in [0.2, 0.25) is 0 Å². The van der Waals surface area contributed by atoms with E-state index in [1.54, 1.807) is 4.90 Å². The van der Waals surface area contributed by atoms with Gasteiger partial charge in [-0.1, -0.05) is 0 Å². The fourth-order valence-corrected chi connectivity index (χ4v) is 3.37. The van der Waals surface area contributed by atoms with Crippen LogP contribution < -0.4 is 0 Å². The highest BCUT2D eigenvalue weighted by molar-refractivity contribution is 9.10. The standard InChI is InChI=1S/C14H17BrN2O3/c15-9-6-12(17(8-9)10-3-4-10)14(20)16-5-1-2-11(16)7-13(18)19/h6,8,10-11H,1-5,7H2,(H,18,19). The molecule has 0 spiro atoms. The monoisotopic (exact) mass is 340 g/mol. The van der Waals surface area contributed by atoms with E-state index in [0.717, 1.165) is 30.2 Å². The van der Waals surface area contributed by atoms with Crippen molar-refractivity contribution in [3.8, 4) is 0 Å². The molecule has 1 aliphatic carbocycles. The lowest BCUT2D eigenvalue weighted by atomic mass is 10.1. The van der Waals surface area contributed by atoms with Gasteiger partial charge in [0.05, 0.1) is 6.42 Å². The lowest BCUT2D eigenvalue weighted by molar-refractivity contribution is -0.137. The predicted octanol–water partition coefficient (Wildman–Crippen LogP) is 2.66. The van der Waals surface area contributed by atoms with Gasteiger partial charge in [0.1, 0.15) is 5.69 Å². The second-order valence-corrected chi connectivity index (χ2v) is 6.49. The van der Waals surface area contributed by atoms with Gasteiger partial charge in [-0.3, -0.25) is 9.59 Å². The van der Waals surface area contributed by atoms with Gasteiger partial charge in [0.15, 0.2) is 0 Å². The van der Waals surface area contributed by atoms with E-state index >= 15 is 0 Å². The number of carbonyl (C=O) groups is 2. The minimum Gasteiger partial charge on any atom is -0.481 e. The summed E-state index contributed by atoms with van der Waals surface area (Å²) < 4.78 is 2.93. The summed E-state index contributed by atoms with van der Waals surface area (Å²) >= 11 is 3.43. The van der Waals surface area contributed by atoms with Crippen LogP contribution >= 0.6 is 15.9 Å². The van der Waals surface area contributed by atoms with Crippen molar-refractivity contribution in [3.05, 3.63) is 22.4 Å². The first kappa shape index (κ1) is 13.7. The molecule has 1 aliphatic heterocycles. The molecular weight excluding hydrogens is 324 g/mol. The number of hydrogen-bond acceptors (Lipinski definition) is 2. The van der Waals surface area contributed by atoms with Gasteiger partial charge in [-0.15, -0.1) is 0 Å². The molecule has 2 fully saturated rings. The third kappa shape index (κ3) is 2.61. The Morgan fingerprint density at radius 2 is 2.10 bits per heavy atom. The summed E-state index contributed by atoms with van der Waals surface area (Å²) in [5.41, 5.74) is 0.677. The highest BCUT2D eigenvalue weighted by Crippen LogP contribution is 2.38. The molecule has 1 atom stereocenters. The quantitative estimate of drug-likeness (QED) is 0.916. The third-order valence-electron chi connectivity index (χ3n) is 4.02. The highest BCUT2D eigenvalue weighted by Gasteiger charge is 2.34. The lowest BCUT2D eigenvalue weighted by Crippen LogP contribution is -2.37. The Hall–Kier alpha value is -1.30. The SMILES string of the molecule is O=C(O)CC1CCCN1C(=O)c1cc(Br)cn1C1CC1. The molecule has 1 aromatic rings. The topological polar surface area (TPSA) is 62.5 Å². The van der Waals surface area contributed by atoms with Crippen LogP contribution in [-0.4, -0.2) is 39.0 Å². The molecule has 1 amide bonds. The van der Waals surface area contributed by atoms with E-state index in [4.69, 9.17) is 5.11 Å². The second kappa shape index (κ2) is 5.24. The van der Waals surface area contributed by atoms with E-state index in [9.17, 15) is 9.59 Å². The van der Waals surface area contributed by atoms with Crippen molar-refractivity contribution in [2.45, 2.75) is 44.2 Å². The van der Waals surface area contributed by atoms with Crippen LogP contribution in [0.4, 0.5) is 0 Å². The number of halogens is 1. The average Bonchev–Trinajstić information content (AvgIpc) is 3.01. The molecule has 6 heteroatoms. The van der Waals surface area contributed by atoms with E-state index in [2.05, 4.69) is 15.9 Å². The third-order valence-corrected chi connectivity index (χ3v) is 4.46. The molecule has 108 valence electrons. The van der Waals surface area contributed by atoms with Gasteiger partial charge >= 0.3 is 5.97 Å². The molecule has 1 N–H and O–H groups in total. The molecule has 1 aromatic heterocycles. The second-order valence-electron chi connectivity index (χ2n) is 5.57. The van der Waals surface area contributed by atoms with E-state index < -0.39 is 5.97 Å². The number of likely N-dealkylation sites (tertiary alicyclic amines) is 1. The largest absolute Gasteiger partial charge is 0.481 e. The molecular formula is C14H17BrN2O3. The van der Waals surface area contributed by atoms with Gasteiger partial charge < -0.3 is 14.6 Å². The Balaban J connectivity index is 1.82. The predicted molar refractivity (Wildman–Crippen MR) is 76.7 cm³/mol. The molecule has 0 bridgehead atoms. The Bertz CT molecular complexity index is 551. The Morgan fingerprint density at radius 3 is 2.75 bits per heavy atom. The maximum Gasteiger partial charge on any atom is 0.305 e. The molecule has 2 heterocycles. The molecule has 1 unspecified atom stereocenters. The number of carboxylic acid groups (broad SMARTS) is 1. The lowest BCUT2D eigenvalue weighted by Gasteiger charge is -2.24. The molecule has 1 saturated heterocycles. The first-order valence-corrected chi connectivity index (χ1v) is 7.75. The van der Waals surface area contributed by atoms with Gasteiger partial charge in [0, 0.05) is 29.3 Å². The number of carboxylic acids is 1. The Labute approximate surface area is 125 Å². The van der Waals surface area contributed by atoms with Crippen LogP contribution in [0.2, 0.25) is 0 Å². The van der Waals surface area contributed by atoms with Gasteiger partial charge in [-0.25, -0.2) is 0 Å². The first-order valence-electron chi connectivity index (χ1n) is 6.96. The zero-order valence-electron chi connectivity index (χ0n) is 11.1. The molecule has 0 aromatic carbocycles. The minimum atomic E-state index is -0.839. The maximum absolute atomic E-state index is 12.7. The van der Waals surface area contributed by atoms with Crippen LogP contribution in [0.25, 0.3) is 0 Å². The summed E-state index contributed by atoms with van der Waals surface area (Å²) in [6.07, 6.45) is 5.88. The zero-order chi connectivity index (χ0) is 14.3. The first-order chi connectivity index (χ1) is 9.56. The van der Waals surface area contributed by atoms with Crippen molar-refractivity contribution in [1.29, 1.82) is 0 Å². The van der Waals surface area contributed by atoms with Crippen molar-refractivity contribution >= 4 is 27.8 Å². The number of nitrogens with zero attached hydrogens (tertiary/aromatic N) is 2. The molecule has 2 aliphatic rings. The average molecular weight is 341 g/mol. The molecule has 1 saturated carbocycles. The van der Waals surface area contributed by atoms with E-state index in [0.29, 0.717) is 18.3 Å². The number of carbonyl (C=O) groups excluding carboxylic acids is 1. The highest BCUT2D eigenvalue weighted by atomic mass is 79.9. The zero-order valence-corrected chi connectivity index (χ0v) is 12.7. The van der Waals surface area contributed by atoms with Crippen LogP contribution in [0.1, 0.15) is 48.6 Å². The normalized spacial score (nSPS) is 22.2. The summed E-state index contributed by atoms with van der Waals surface area (Å²) in [6, 6.07) is 2.11. The van der Waals surface area contributed by atoms with Crippen LogP contribution in [0, 0.1) is 0 Å². The van der Waals surface area contributed by atoms with E-state index in [1.807, 2.05) is 16.8 Å². The summed E-state index contributed by atoms with van der Waals surface area (Å²) in [5.74, 6) is -0.875. The van der Waals surface area contributed by atoms with Crippen molar-refractivity contribution in [3.63, 3.8) is 0 Å². The molecule has 5 nitrogen and oxygen atoms in total. The number of hydrogen-bond donors (Lipinski definition) is 1. The van der Waals surface area contributed by atoms with Crippen LogP contribution in [0.3, 0.4) is 0 Å². The Morgan fingerprint density at radius 1 is 1.35 bits per heavy atom. The van der Waals surface area contributed by atoms with Gasteiger partial charge in [-0.05, 0) is 47.7 Å². The summed E-state index contributed by atoms with van der Waals surface area (Å²) in [4.78, 5) is 25.3. The van der Waals surface area contributed by atoms with E-state index in [-0.39, 0.29) is 18.4 Å². The van der Waals surface area contributed by atoms with Crippen LogP contribution in [0.15, 0.2) is 16.7 Å². The summed E-state index contributed by atoms with van der Waals surface area (Å²) in [7, 11) is 0. The van der Waals surface area contributed by atoms with Crippen molar-refractivity contribution < 1.29 is 14.7 Å². The molecule has 20 heavy (non-hydrogen) atoms. The number of aliphatic carboxylic acids is 1. The summed E-state index contributed by atoms with van der Waals surface area (Å²) in [5, 5.41) is 8.95.